The summed E-state index contributed by atoms with van der Waals surface area (Å²) in [5.41, 5.74) is 1.23. The van der Waals surface area contributed by atoms with Crippen LogP contribution in [0.1, 0.15) is 18.5 Å². The van der Waals surface area contributed by atoms with E-state index in [2.05, 4.69) is 15.1 Å². The summed E-state index contributed by atoms with van der Waals surface area (Å²) in [6, 6.07) is 2.05. The average Bonchev–Trinajstić information content (AvgIpc) is 2.71. The highest BCUT2D eigenvalue weighted by molar-refractivity contribution is 4.99. The normalized spacial score (nSPS) is 23.1. The molecule has 1 aromatic rings. The molecule has 0 amide bonds. The van der Waals surface area contributed by atoms with Gasteiger partial charge in [-0.3, -0.25) is 5.10 Å². The molecule has 0 saturated carbocycles. The molecule has 0 aromatic carbocycles. The molecule has 1 aliphatic heterocycles. The first kappa shape index (κ1) is 10.6. The largest absolute Gasteiger partial charge is 0.395 e. The molecule has 4 heteroatoms. The van der Waals surface area contributed by atoms with Gasteiger partial charge in [0.1, 0.15) is 0 Å². The van der Waals surface area contributed by atoms with Gasteiger partial charge in [-0.1, -0.05) is 0 Å². The Morgan fingerprint density at radius 1 is 1.60 bits per heavy atom. The van der Waals surface area contributed by atoms with Gasteiger partial charge in [-0.15, -0.1) is 0 Å². The molecule has 1 fully saturated rings. The lowest BCUT2D eigenvalue weighted by Crippen LogP contribution is -2.37. The summed E-state index contributed by atoms with van der Waals surface area (Å²) >= 11 is 0. The van der Waals surface area contributed by atoms with E-state index in [0.717, 1.165) is 26.1 Å². The van der Waals surface area contributed by atoms with Crippen molar-refractivity contribution in [3.63, 3.8) is 0 Å². The van der Waals surface area contributed by atoms with Crippen molar-refractivity contribution in [2.45, 2.75) is 19.3 Å². The lowest BCUT2D eigenvalue weighted by Gasteiger charge is -2.31. The fourth-order valence-electron chi connectivity index (χ4n) is 2.37. The Bertz CT molecular complexity index is 271. The molecule has 1 saturated heterocycles. The third-order valence-electron chi connectivity index (χ3n) is 3.09. The van der Waals surface area contributed by atoms with Crippen molar-refractivity contribution in [3.05, 3.63) is 18.0 Å². The minimum absolute atomic E-state index is 0.275. The van der Waals surface area contributed by atoms with Gasteiger partial charge in [0.2, 0.25) is 0 Å². The van der Waals surface area contributed by atoms with Gasteiger partial charge >= 0.3 is 0 Å². The maximum atomic E-state index is 8.90. The molecule has 1 atom stereocenters. The van der Waals surface area contributed by atoms with Gasteiger partial charge in [0.15, 0.2) is 0 Å². The quantitative estimate of drug-likeness (QED) is 0.766. The second kappa shape index (κ2) is 5.28. The summed E-state index contributed by atoms with van der Waals surface area (Å²) in [7, 11) is 0. The number of hydrogen-bond donors (Lipinski definition) is 2. The van der Waals surface area contributed by atoms with Crippen LogP contribution in [-0.2, 0) is 6.42 Å². The maximum absolute atomic E-state index is 8.90. The number of aliphatic hydroxyl groups is 1. The Hall–Kier alpha value is -0.870. The number of nitrogens with one attached hydrogen (secondary N) is 1. The number of likely N-dealkylation sites (tertiary alicyclic amines) is 1. The molecular weight excluding hydrogens is 190 g/mol. The molecule has 1 aromatic heterocycles. The second-order valence-corrected chi connectivity index (χ2v) is 4.32. The van der Waals surface area contributed by atoms with Crippen molar-refractivity contribution < 1.29 is 5.11 Å². The SMILES string of the molecule is OCCN1CCC[C@H](Cc2ccn[nH]2)C1. The van der Waals surface area contributed by atoms with E-state index >= 15 is 0 Å². The number of aromatic nitrogens is 2. The highest BCUT2D eigenvalue weighted by Gasteiger charge is 2.19. The highest BCUT2D eigenvalue weighted by Crippen LogP contribution is 2.19. The molecule has 0 bridgehead atoms. The van der Waals surface area contributed by atoms with Crippen molar-refractivity contribution in [2.24, 2.45) is 5.92 Å². The molecule has 0 radical (unpaired) electrons. The molecule has 0 spiro atoms. The molecular formula is C11H19N3O. The summed E-state index contributed by atoms with van der Waals surface area (Å²) < 4.78 is 0. The Morgan fingerprint density at radius 3 is 3.27 bits per heavy atom. The number of H-pyrrole nitrogens is 1. The number of aromatic amines is 1. The van der Waals surface area contributed by atoms with Crippen LogP contribution >= 0.6 is 0 Å². The smallest absolute Gasteiger partial charge is 0.0558 e. The Labute approximate surface area is 90.3 Å². The van der Waals surface area contributed by atoms with Gasteiger partial charge in [0.05, 0.1) is 6.61 Å². The van der Waals surface area contributed by atoms with Crippen LogP contribution < -0.4 is 0 Å². The first-order chi connectivity index (χ1) is 7.38. The van der Waals surface area contributed by atoms with E-state index in [0.29, 0.717) is 5.92 Å². The van der Waals surface area contributed by atoms with Crippen molar-refractivity contribution in [3.8, 4) is 0 Å². The summed E-state index contributed by atoms with van der Waals surface area (Å²) in [5, 5.41) is 15.9. The van der Waals surface area contributed by atoms with Gasteiger partial charge in [-0.2, -0.15) is 5.10 Å². The number of β-amino-alcohol motifs (C(OH)–C–C–N with tert-alkyl or cyclic N) is 1. The molecule has 0 aliphatic carbocycles. The van der Waals surface area contributed by atoms with Crippen molar-refractivity contribution >= 4 is 0 Å². The summed E-state index contributed by atoms with van der Waals surface area (Å²) in [6.45, 7) is 3.34. The van der Waals surface area contributed by atoms with Gasteiger partial charge in [0, 0.05) is 25.0 Å². The fourth-order valence-corrected chi connectivity index (χ4v) is 2.37. The minimum atomic E-state index is 0.275. The van der Waals surface area contributed by atoms with Crippen LogP contribution in [0.3, 0.4) is 0 Å². The lowest BCUT2D eigenvalue weighted by molar-refractivity contribution is 0.139. The van der Waals surface area contributed by atoms with E-state index in [1.54, 1.807) is 0 Å². The third-order valence-corrected chi connectivity index (χ3v) is 3.09. The van der Waals surface area contributed by atoms with E-state index in [9.17, 15) is 0 Å². The Balaban J connectivity index is 1.82. The zero-order chi connectivity index (χ0) is 10.5. The standard InChI is InChI=1S/C11H19N3O/c15-7-6-14-5-1-2-10(9-14)8-11-3-4-12-13-11/h3-4,10,15H,1-2,5-9H2,(H,12,13)/t10-/m1/s1. The van der Waals surface area contributed by atoms with E-state index in [1.165, 1.54) is 18.5 Å². The predicted molar refractivity (Wildman–Crippen MR) is 58.5 cm³/mol. The second-order valence-electron chi connectivity index (χ2n) is 4.32. The van der Waals surface area contributed by atoms with E-state index in [4.69, 9.17) is 5.11 Å². The van der Waals surface area contributed by atoms with Crippen LogP contribution in [0.15, 0.2) is 12.3 Å². The maximum Gasteiger partial charge on any atom is 0.0558 e. The zero-order valence-corrected chi connectivity index (χ0v) is 9.02. The van der Waals surface area contributed by atoms with E-state index in [1.807, 2.05) is 12.3 Å². The van der Waals surface area contributed by atoms with Crippen LogP contribution in [0.5, 0.6) is 0 Å². The molecule has 2 N–H and O–H groups in total. The zero-order valence-electron chi connectivity index (χ0n) is 9.02. The van der Waals surface area contributed by atoms with Crippen molar-refractivity contribution in [1.82, 2.24) is 15.1 Å². The molecule has 4 nitrogen and oxygen atoms in total. The number of piperidine rings is 1. The molecule has 1 aliphatic rings. The van der Waals surface area contributed by atoms with E-state index in [-0.39, 0.29) is 6.61 Å². The van der Waals surface area contributed by atoms with Crippen molar-refractivity contribution in [1.29, 1.82) is 0 Å². The van der Waals surface area contributed by atoms with Crippen LogP contribution in [0.4, 0.5) is 0 Å². The minimum Gasteiger partial charge on any atom is -0.395 e. The number of rotatable bonds is 4. The molecule has 0 unspecified atom stereocenters. The topological polar surface area (TPSA) is 52.1 Å². The van der Waals surface area contributed by atoms with Crippen LogP contribution in [-0.4, -0.2) is 46.4 Å². The summed E-state index contributed by atoms with van der Waals surface area (Å²) in [6.07, 6.45) is 5.44. The monoisotopic (exact) mass is 209 g/mol. The van der Waals surface area contributed by atoms with Gasteiger partial charge in [-0.25, -0.2) is 0 Å². The first-order valence-corrected chi connectivity index (χ1v) is 5.70. The van der Waals surface area contributed by atoms with Gasteiger partial charge < -0.3 is 10.0 Å². The van der Waals surface area contributed by atoms with Crippen molar-refractivity contribution in [2.75, 3.05) is 26.2 Å². The fraction of sp³-hybridized carbons (Fsp3) is 0.727. The average molecular weight is 209 g/mol. The number of aliphatic hydroxyl groups excluding tert-OH is 1. The van der Waals surface area contributed by atoms with Gasteiger partial charge in [0.25, 0.3) is 0 Å². The molecule has 2 heterocycles. The van der Waals surface area contributed by atoms with Crippen LogP contribution in [0.25, 0.3) is 0 Å². The van der Waals surface area contributed by atoms with Gasteiger partial charge in [-0.05, 0) is 37.8 Å². The lowest BCUT2D eigenvalue weighted by atomic mass is 9.93. The highest BCUT2D eigenvalue weighted by atomic mass is 16.3. The molecule has 84 valence electrons. The molecule has 2 rings (SSSR count). The molecule has 15 heavy (non-hydrogen) atoms. The summed E-state index contributed by atoms with van der Waals surface area (Å²) in [5.74, 6) is 0.714. The third kappa shape index (κ3) is 3.04. The number of nitrogens with zero attached hydrogens (tertiary/aromatic N) is 2. The Kier molecular flexibility index (Phi) is 3.75. The Morgan fingerprint density at radius 2 is 2.53 bits per heavy atom. The van der Waals surface area contributed by atoms with E-state index < -0.39 is 0 Å². The van der Waals surface area contributed by atoms with Crippen LogP contribution in [0, 0.1) is 5.92 Å². The number of hydrogen-bond acceptors (Lipinski definition) is 3. The first-order valence-electron chi connectivity index (χ1n) is 5.70. The summed E-state index contributed by atoms with van der Waals surface area (Å²) in [4.78, 5) is 2.35. The predicted octanol–water partition coefficient (Wildman–Crippen LogP) is 0.656. The van der Waals surface area contributed by atoms with Crippen LogP contribution in [0.2, 0.25) is 0 Å².